The summed E-state index contributed by atoms with van der Waals surface area (Å²) in [6, 6.07) is 23.0. The van der Waals surface area contributed by atoms with Gasteiger partial charge in [-0.3, -0.25) is 15.0 Å². The van der Waals surface area contributed by atoms with Gasteiger partial charge in [-0.05, 0) is 23.3 Å². The van der Waals surface area contributed by atoms with E-state index in [2.05, 4.69) is 0 Å². The molecular formula is C21H18N2O5S. The van der Waals surface area contributed by atoms with E-state index in [1.54, 1.807) is 0 Å². The second kappa shape index (κ2) is 7.75. The van der Waals surface area contributed by atoms with Crippen molar-refractivity contribution < 1.29 is 18.2 Å². The van der Waals surface area contributed by atoms with Crippen LogP contribution in [0.15, 0.2) is 89.8 Å². The summed E-state index contributed by atoms with van der Waals surface area (Å²) in [6.45, 7) is 0. The van der Waals surface area contributed by atoms with Crippen molar-refractivity contribution >= 4 is 15.7 Å². The summed E-state index contributed by atoms with van der Waals surface area (Å²) in [4.78, 5) is 16.2. The van der Waals surface area contributed by atoms with E-state index in [9.17, 15) is 18.5 Å². The first-order valence-corrected chi connectivity index (χ1v) is 10.5. The van der Waals surface area contributed by atoms with E-state index in [0.29, 0.717) is 6.42 Å². The number of hydrogen-bond donors (Lipinski definition) is 0. The largest absolute Gasteiger partial charge is 0.275 e. The third-order valence-electron chi connectivity index (χ3n) is 4.86. The van der Waals surface area contributed by atoms with Gasteiger partial charge >= 0.3 is 0 Å². The molecule has 1 fully saturated rings. The van der Waals surface area contributed by atoms with Crippen molar-refractivity contribution in [2.45, 2.75) is 23.5 Å². The predicted octanol–water partition coefficient (Wildman–Crippen LogP) is 4.40. The van der Waals surface area contributed by atoms with E-state index >= 15 is 0 Å². The van der Waals surface area contributed by atoms with Gasteiger partial charge in [-0.1, -0.05) is 65.1 Å². The molecule has 2 unspecified atom stereocenters. The summed E-state index contributed by atoms with van der Waals surface area (Å²) in [5, 5.41) is 10.9. The predicted molar refractivity (Wildman–Crippen MR) is 106 cm³/mol. The number of nitro groups is 1. The molecule has 3 aromatic rings. The molecule has 0 N–H and O–H groups in total. The molecule has 0 aromatic heterocycles. The molecule has 7 nitrogen and oxygen atoms in total. The van der Waals surface area contributed by atoms with E-state index in [1.807, 2.05) is 60.7 Å². The van der Waals surface area contributed by atoms with Crippen LogP contribution >= 0.6 is 0 Å². The molecule has 0 amide bonds. The minimum absolute atomic E-state index is 0.0576. The molecule has 3 aromatic carbocycles. The maximum atomic E-state index is 13.3. The third-order valence-corrected chi connectivity index (χ3v) is 6.54. The van der Waals surface area contributed by atoms with Crippen molar-refractivity contribution in [3.63, 3.8) is 0 Å². The second-order valence-corrected chi connectivity index (χ2v) is 8.46. The Morgan fingerprint density at radius 3 is 1.97 bits per heavy atom. The zero-order chi connectivity index (χ0) is 20.4. The maximum Gasteiger partial charge on any atom is 0.269 e. The SMILES string of the molecule is O=[N+]([O-])c1ccc(S(=O)(=O)N2OC(c3ccccc3)CC2c2ccccc2)cc1. The van der Waals surface area contributed by atoms with Crippen LogP contribution in [0.5, 0.6) is 0 Å². The van der Waals surface area contributed by atoms with E-state index in [1.165, 1.54) is 24.3 Å². The van der Waals surface area contributed by atoms with Crippen LogP contribution in [0.25, 0.3) is 0 Å². The van der Waals surface area contributed by atoms with Gasteiger partial charge in [0.15, 0.2) is 0 Å². The van der Waals surface area contributed by atoms with Gasteiger partial charge in [0.25, 0.3) is 15.7 Å². The highest BCUT2D eigenvalue weighted by atomic mass is 32.2. The summed E-state index contributed by atoms with van der Waals surface area (Å²) in [5.41, 5.74) is 1.53. The Bertz CT molecular complexity index is 1100. The zero-order valence-electron chi connectivity index (χ0n) is 15.3. The fourth-order valence-corrected chi connectivity index (χ4v) is 4.84. The number of nitrogens with zero attached hydrogens (tertiary/aromatic N) is 2. The summed E-state index contributed by atoms with van der Waals surface area (Å²) >= 11 is 0. The second-order valence-electron chi connectivity index (χ2n) is 6.68. The van der Waals surface area contributed by atoms with Gasteiger partial charge in [0, 0.05) is 18.6 Å². The lowest BCUT2D eigenvalue weighted by Crippen LogP contribution is -2.29. The molecule has 0 bridgehead atoms. The van der Waals surface area contributed by atoms with Crippen LogP contribution in [-0.4, -0.2) is 17.8 Å². The Labute approximate surface area is 168 Å². The van der Waals surface area contributed by atoms with Crippen LogP contribution in [0.2, 0.25) is 0 Å². The normalized spacial score (nSPS) is 19.9. The van der Waals surface area contributed by atoms with E-state index in [0.717, 1.165) is 15.6 Å². The fraction of sp³-hybridized carbons (Fsp3) is 0.143. The smallest absolute Gasteiger partial charge is 0.269 e. The molecule has 29 heavy (non-hydrogen) atoms. The highest BCUT2D eigenvalue weighted by Gasteiger charge is 2.43. The van der Waals surface area contributed by atoms with Crippen LogP contribution in [-0.2, 0) is 14.9 Å². The van der Waals surface area contributed by atoms with E-state index in [4.69, 9.17) is 4.84 Å². The van der Waals surface area contributed by atoms with Crippen LogP contribution in [0, 0.1) is 10.1 Å². The molecule has 1 aliphatic heterocycles. The Hall–Kier alpha value is -3.07. The molecule has 148 valence electrons. The first-order valence-electron chi connectivity index (χ1n) is 9.02. The van der Waals surface area contributed by atoms with Crippen LogP contribution < -0.4 is 0 Å². The number of nitro benzene ring substituents is 1. The fourth-order valence-electron chi connectivity index (χ4n) is 3.40. The van der Waals surface area contributed by atoms with Crippen molar-refractivity contribution in [3.05, 3.63) is 106 Å². The van der Waals surface area contributed by atoms with Gasteiger partial charge < -0.3 is 0 Å². The minimum atomic E-state index is -4.03. The molecule has 1 heterocycles. The first kappa shape index (κ1) is 19.3. The lowest BCUT2D eigenvalue weighted by molar-refractivity contribution is -0.384. The van der Waals surface area contributed by atoms with Crippen molar-refractivity contribution in [1.29, 1.82) is 0 Å². The first-order chi connectivity index (χ1) is 14.0. The highest BCUT2D eigenvalue weighted by molar-refractivity contribution is 7.89. The van der Waals surface area contributed by atoms with Gasteiger partial charge in [0.1, 0.15) is 6.10 Å². The number of rotatable bonds is 5. The molecule has 0 saturated carbocycles. The summed E-state index contributed by atoms with van der Waals surface area (Å²) in [6.07, 6.45) is 0.0366. The van der Waals surface area contributed by atoms with Gasteiger partial charge in [-0.15, -0.1) is 0 Å². The van der Waals surface area contributed by atoms with E-state index in [-0.39, 0.29) is 10.6 Å². The van der Waals surface area contributed by atoms with Crippen LogP contribution in [0.1, 0.15) is 29.7 Å². The van der Waals surface area contributed by atoms with Gasteiger partial charge in [-0.25, -0.2) is 8.42 Å². The molecule has 8 heteroatoms. The third kappa shape index (κ3) is 3.77. The lowest BCUT2D eigenvalue weighted by atomic mass is 9.99. The zero-order valence-corrected chi connectivity index (χ0v) is 16.1. The molecular weight excluding hydrogens is 392 g/mol. The molecule has 0 radical (unpaired) electrons. The van der Waals surface area contributed by atoms with Gasteiger partial charge in [0.2, 0.25) is 0 Å². The Morgan fingerprint density at radius 2 is 1.41 bits per heavy atom. The maximum absolute atomic E-state index is 13.3. The summed E-state index contributed by atoms with van der Waals surface area (Å²) in [5.74, 6) is 0. The minimum Gasteiger partial charge on any atom is -0.275 e. The van der Waals surface area contributed by atoms with Crippen molar-refractivity contribution in [1.82, 2.24) is 4.47 Å². The van der Waals surface area contributed by atoms with Crippen LogP contribution in [0.3, 0.4) is 0 Å². The molecule has 1 aliphatic rings. The Balaban J connectivity index is 1.72. The number of non-ortho nitro benzene ring substituents is 1. The topological polar surface area (TPSA) is 89.8 Å². The average Bonchev–Trinajstić information content (AvgIpc) is 3.21. The molecule has 0 spiro atoms. The molecule has 0 aliphatic carbocycles. The lowest BCUT2D eigenvalue weighted by Gasteiger charge is -2.22. The van der Waals surface area contributed by atoms with Crippen molar-refractivity contribution in [2.24, 2.45) is 0 Å². The Kier molecular flexibility index (Phi) is 5.14. The van der Waals surface area contributed by atoms with Crippen LogP contribution in [0.4, 0.5) is 5.69 Å². The van der Waals surface area contributed by atoms with Gasteiger partial charge in [-0.2, -0.15) is 0 Å². The number of hydroxylamine groups is 1. The standard InChI is InChI=1S/C21H18N2O5S/c24-22(25)18-11-13-19(14-12-18)29(26,27)23-20(16-7-3-1-4-8-16)15-21(28-23)17-9-5-2-6-10-17/h1-14,20-21H,15H2. The Morgan fingerprint density at radius 1 is 0.862 bits per heavy atom. The quantitative estimate of drug-likeness (QED) is 0.459. The van der Waals surface area contributed by atoms with Crippen molar-refractivity contribution in [3.8, 4) is 0 Å². The average molecular weight is 410 g/mol. The highest BCUT2D eigenvalue weighted by Crippen LogP contribution is 2.44. The summed E-state index contributed by atoms with van der Waals surface area (Å²) in [7, 11) is -4.03. The number of hydrogen-bond acceptors (Lipinski definition) is 5. The molecule has 2 atom stereocenters. The van der Waals surface area contributed by atoms with Crippen molar-refractivity contribution in [2.75, 3.05) is 0 Å². The number of benzene rings is 3. The molecule has 1 saturated heterocycles. The van der Waals surface area contributed by atoms with E-state index < -0.39 is 27.1 Å². The summed E-state index contributed by atoms with van der Waals surface area (Å²) < 4.78 is 27.6. The van der Waals surface area contributed by atoms with Gasteiger partial charge in [0.05, 0.1) is 15.9 Å². The number of sulfonamides is 1. The molecule has 4 rings (SSSR count). The monoisotopic (exact) mass is 410 g/mol.